The van der Waals surface area contributed by atoms with Crippen LogP contribution in [0.5, 0.6) is 0 Å². The zero-order chi connectivity index (χ0) is 14.4. The maximum Gasteiger partial charge on any atom is 0.0961 e. The minimum Gasteiger partial charge on any atom is -0.467 e. The van der Waals surface area contributed by atoms with E-state index in [0.29, 0.717) is 0 Å². The molecule has 1 unspecified atom stereocenters. The number of hydrogen-bond acceptors (Lipinski definition) is 2. The summed E-state index contributed by atoms with van der Waals surface area (Å²) in [6.45, 7) is 16.7. The van der Waals surface area contributed by atoms with Crippen molar-refractivity contribution in [2.75, 3.05) is 6.54 Å². The molecule has 0 aromatic heterocycles. The van der Waals surface area contributed by atoms with E-state index >= 15 is 0 Å². The van der Waals surface area contributed by atoms with Crippen LogP contribution >= 0.6 is 0 Å². The molecule has 0 fully saturated rings. The van der Waals surface area contributed by atoms with E-state index in [1.54, 1.807) is 0 Å². The van der Waals surface area contributed by atoms with Gasteiger partial charge in [0.15, 0.2) is 0 Å². The molecule has 18 heavy (non-hydrogen) atoms. The zero-order valence-corrected chi connectivity index (χ0v) is 12.9. The van der Waals surface area contributed by atoms with Crippen LogP contribution in [0.4, 0.5) is 0 Å². The van der Waals surface area contributed by atoms with Gasteiger partial charge in [-0.25, -0.2) is 0 Å². The third-order valence-corrected chi connectivity index (χ3v) is 2.95. The molecule has 108 valence electrons. The Morgan fingerprint density at radius 3 is 1.83 bits per heavy atom. The Morgan fingerprint density at radius 2 is 1.56 bits per heavy atom. The van der Waals surface area contributed by atoms with Crippen molar-refractivity contribution in [3.63, 3.8) is 0 Å². The van der Waals surface area contributed by atoms with E-state index in [9.17, 15) is 0 Å². The highest BCUT2D eigenvalue weighted by Crippen LogP contribution is 2.09. The van der Waals surface area contributed by atoms with Crippen molar-refractivity contribution in [3.05, 3.63) is 24.7 Å². The molecule has 0 spiro atoms. The Labute approximate surface area is 114 Å². The molecule has 1 atom stereocenters. The Bertz CT molecular complexity index is 193. The molecule has 2 heteroatoms. The maximum absolute atomic E-state index is 5.52. The van der Waals surface area contributed by atoms with Gasteiger partial charge >= 0.3 is 0 Å². The highest BCUT2D eigenvalue weighted by molar-refractivity contribution is 4.91. The lowest BCUT2D eigenvalue weighted by Crippen LogP contribution is -2.12. The summed E-state index contributed by atoms with van der Waals surface area (Å²) in [6.07, 6.45) is 6.93. The third kappa shape index (κ3) is 13.3. The van der Waals surface area contributed by atoms with Crippen LogP contribution in [-0.4, -0.2) is 6.54 Å². The van der Waals surface area contributed by atoms with Crippen molar-refractivity contribution in [2.45, 2.75) is 66.2 Å². The second kappa shape index (κ2) is 14.3. The topological polar surface area (TPSA) is 35.2 Å². The van der Waals surface area contributed by atoms with Crippen LogP contribution in [0.25, 0.3) is 0 Å². The molecule has 0 aliphatic heterocycles. The first-order chi connectivity index (χ1) is 8.55. The van der Waals surface area contributed by atoms with Gasteiger partial charge in [-0.3, -0.25) is 0 Å². The summed E-state index contributed by atoms with van der Waals surface area (Å²) < 4.78 is 5.16. The van der Waals surface area contributed by atoms with Crippen LogP contribution in [0.2, 0.25) is 0 Å². The highest BCUT2D eigenvalue weighted by Gasteiger charge is 2.00. The Kier molecular flexibility index (Phi) is 15.6. The third-order valence-electron chi connectivity index (χ3n) is 2.95. The fraction of sp³-hybridized carbons (Fsp3) is 0.750. The first-order valence-electron chi connectivity index (χ1n) is 7.28. The van der Waals surface area contributed by atoms with Crippen molar-refractivity contribution in [1.29, 1.82) is 0 Å². The number of allylic oxidation sites excluding steroid dienone is 2. The minimum atomic E-state index is 0.782. The van der Waals surface area contributed by atoms with Gasteiger partial charge in [0.05, 0.1) is 11.5 Å². The molecule has 0 rings (SSSR count). The maximum atomic E-state index is 5.52. The average molecular weight is 255 g/mol. The van der Waals surface area contributed by atoms with E-state index in [1.807, 2.05) is 13.8 Å². The largest absolute Gasteiger partial charge is 0.467 e. The molecule has 0 saturated carbocycles. The van der Waals surface area contributed by atoms with Crippen molar-refractivity contribution in [3.8, 4) is 0 Å². The van der Waals surface area contributed by atoms with Gasteiger partial charge in [-0.15, -0.1) is 0 Å². The lowest BCUT2D eigenvalue weighted by atomic mass is 10.00. The lowest BCUT2D eigenvalue weighted by Gasteiger charge is -2.09. The first-order valence-corrected chi connectivity index (χ1v) is 7.28. The highest BCUT2D eigenvalue weighted by atomic mass is 16.5. The minimum absolute atomic E-state index is 0.782. The van der Waals surface area contributed by atoms with Crippen molar-refractivity contribution in [2.24, 2.45) is 11.7 Å². The normalized spacial score (nSPS) is 11.2. The van der Waals surface area contributed by atoms with E-state index in [-0.39, 0.29) is 0 Å². The van der Waals surface area contributed by atoms with Crippen LogP contribution < -0.4 is 5.73 Å². The Hall–Kier alpha value is -0.760. The summed E-state index contributed by atoms with van der Waals surface area (Å²) in [5, 5.41) is 0. The number of unbranched alkanes of at least 4 members (excludes halogenated alkanes) is 1. The molecule has 0 bridgehead atoms. The van der Waals surface area contributed by atoms with E-state index in [0.717, 1.165) is 36.8 Å². The Morgan fingerprint density at radius 1 is 1.06 bits per heavy atom. The van der Waals surface area contributed by atoms with Gasteiger partial charge in [0.1, 0.15) is 0 Å². The van der Waals surface area contributed by atoms with Crippen molar-refractivity contribution < 1.29 is 4.74 Å². The quantitative estimate of drug-likeness (QED) is 0.588. The summed E-state index contributed by atoms with van der Waals surface area (Å²) in [6, 6.07) is 0. The van der Waals surface area contributed by atoms with Crippen LogP contribution in [0, 0.1) is 5.92 Å². The van der Waals surface area contributed by atoms with E-state index in [2.05, 4.69) is 27.0 Å². The zero-order valence-electron chi connectivity index (χ0n) is 12.9. The lowest BCUT2D eigenvalue weighted by molar-refractivity contribution is 0.287. The van der Waals surface area contributed by atoms with Gasteiger partial charge in [0.2, 0.25) is 0 Å². The van der Waals surface area contributed by atoms with E-state index < -0.39 is 0 Å². The molecule has 0 saturated heterocycles. The average Bonchev–Trinajstić information content (AvgIpc) is 2.40. The smallest absolute Gasteiger partial charge is 0.0961 e. The standard InChI is InChI=1S/C8H19N.C8H14O/c1-3-5-6-8(4-2)7-9;1-5-7(3)9-8(4)6-2/h8H,3-7,9H2,1-2H3;3-6H2,1-2H3. The molecule has 2 nitrogen and oxygen atoms in total. The van der Waals surface area contributed by atoms with Gasteiger partial charge in [-0.05, 0) is 18.9 Å². The van der Waals surface area contributed by atoms with Gasteiger partial charge < -0.3 is 10.5 Å². The van der Waals surface area contributed by atoms with Crippen LogP contribution in [0.3, 0.4) is 0 Å². The SMILES string of the molecule is C=C(CC)OC(=C)CC.CCCCC(CC)CN. The second-order valence-corrected chi connectivity index (χ2v) is 4.54. The van der Waals surface area contributed by atoms with Gasteiger partial charge in [0.25, 0.3) is 0 Å². The molecule has 0 radical (unpaired) electrons. The summed E-state index contributed by atoms with van der Waals surface area (Å²) in [5.74, 6) is 2.37. The summed E-state index contributed by atoms with van der Waals surface area (Å²) in [4.78, 5) is 0. The molecule has 0 aliphatic rings. The first kappa shape index (κ1) is 19.6. The van der Waals surface area contributed by atoms with Gasteiger partial charge in [-0.1, -0.05) is 60.1 Å². The van der Waals surface area contributed by atoms with E-state index in [4.69, 9.17) is 10.5 Å². The molecule has 0 aromatic carbocycles. The molecule has 0 aliphatic carbocycles. The molecular weight excluding hydrogens is 222 g/mol. The fourth-order valence-corrected chi connectivity index (χ4v) is 1.33. The second-order valence-electron chi connectivity index (χ2n) is 4.54. The Balaban J connectivity index is 0. The molecule has 0 aromatic rings. The van der Waals surface area contributed by atoms with Gasteiger partial charge in [0, 0.05) is 12.8 Å². The summed E-state index contributed by atoms with van der Waals surface area (Å²) >= 11 is 0. The van der Waals surface area contributed by atoms with Crippen LogP contribution in [-0.2, 0) is 4.74 Å². The van der Waals surface area contributed by atoms with E-state index in [1.165, 1.54) is 25.7 Å². The molecular formula is C16H33NO. The predicted octanol–water partition coefficient (Wildman–Crippen LogP) is 5.01. The van der Waals surface area contributed by atoms with Crippen molar-refractivity contribution >= 4 is 0 Å². The van der Waals surface area contributed by atoms with Crippen molar-refractivity contribution in [1.82, 2.24) is 0 Å². The van der Waals surface area contributed by atoms with Crippen LogP contribution in [0.1, 0.15) is 66.2 Å². The number of rotatable bonds is 9. The van der Waals surface area contributed by atoms with Crippen LogP contribution in [0.15, 0.2) is 24.7 Å². The number of hydrogen-bond donors (Lipinski definition) is 1. The predicted molar refractivity (Wildman–Crippen MR) is 82.3 cm³/mol. The molecule has 0 amide bonds. The molecule has 2 N–H and O–H groups in total. The fourth-order valence-electron chi connectivity index (χ4n) is 1.33. The summed E-state index contributed by atoms with van der Waals surface area (Å²) in [7, 11) is 0. The number of nitrogens with two attached hydrogens (primary N) is 1. The molecule has 0 heterocycles. The monoisotopic (exact) mass is 255 g/mol. The number of ether oxygens (including phenoxy) is 1. The summed E-state index contributed by atoms with van der Waals surface area (Å²) in [5.41, 5.74) is 5.52. The van der Waals surface area contributed by atoms with Gasteiger partial charge in [-0.2, -0.15) is 0 Å².